The van der Waals surface area contributed by atoms with Gasteiger partial charge in [-0.2, -0.15) is 0 Å². The third-order valence-corrected chi connectivity index (χ3v) is 2.92. The van der Waals surface area contributed by atoms with Crippen LogP contribution < -0.4 is 5.56 Å². The Labute approximate surface area is 107 Å². The lowest BCUT2D eigenvalue weighted by molar-refractivity contribution is 0.111. The van der Waals surface area contributed by atoms with Gasteiger partial charge in [-0.05, 0) is 24.3 Å². The molecule has 86 valence electrons. The molecule has 2 aromatic rings. The minimum absolute atomic E-state index is 0.210. The van der Waals surface area contributed by atoms with E-state index in [1.165, 1.54) is 12.1 Å². The van der Waals surface area contributed by atoms with Crippen molar-refractivity contribution < 1.29 is 4.79 Å². The van der Waals surface area contributed by atoms with Crippen LogP contribution in [0.4, 0.5) is 0 Å². The van der Waals surface area contributed by atoms with E-state index in [9.17, 15) is 9.59 Å². The number of halogens is 2. The van der Waals surface area contributed by atoms with Crippen molar-refractivity contribution in [1.82, 2.24) is 4.98 Å². The van der Waals surface area contributed by atoms with E-state index in [1.807, 2.05) is 0 Å². The van der Waals surface area contributed by atoms with Crippen molar-refractivity contribution in [1.29, 1.82) is 0 Å². The van der Waals surface area contributed by atoms with E-state index < -0.39 is 5.56 Å². The molecule has 1 heterocycles. The first kappa shape index (κ1) is 11.9. The fourth-order valence-corrected chi connectivity index (χ4v) is 2.11. The molecule has 1 aromatic heterocycles. The Morgan fingerprint density at radius 2 is 1.71 bits per heavy atom. The third-order valence-electron chi connectivity index (χ3n) is 2.29. The molecule has 5 heteroatoms. The molecule has 0 spiro atoms. The smallest absolute Gasteiger partial charge is 0.256 e. The minimum Gasteiger partial charge on any atom is -0.319 e. The van der Waals surface area contributed by atoms with Gasteiger partial charge in [0.15, 0.2) is 6.29 Å². The lowest BCUT2D eigenvalue weighted by atomic mass is 10.1. The number of H-pyrrole nitrogens is 1. The molecule has 0 bridgehead atoms. The van der Waals surface area contributed by atoms with Gasteiger partial charge in [0.1, 0.15) is 0 Å². The Kier molecular flexibility index (Phi) is 3.31. The van der Waals surface area contributed by atoms with Crippen LogP contribution in [0, 0.1) is 0 Å². The molecule has 1 N–H and O–H groups in total. The summed E-state index contributed by atoms with van der Waals surface area (Å²) in [6.07, 6.45) is 0.569. The van der Waals surface area contributed by atoms with Gasteiger partial charge >= 0.3 is 0 Å². The molecular weight excluding hydrogens is 261 g/mol. The standard InChI is InChI=1S/C12H7Cl2NO2/c13-9-2-1-3-10(14)11(9)8-5-4-7(6-16)15-12(8)17/h1-6H,(H,15,17). The first-order chi connectivity index (χ1) is 8.13. The molecule has 0 aliphatic carbocycles. The Morgan fingerprint density at radius 3 is 2.24 bits per heavy atom. The number of carbonyl (C=O) groups is 1. The Balaban J connectivity index is 2.69. The summed E-state index contributed by atoms with van der Waals surface area (Å²) in [6, 6.07) is 8.02. The number of hydrogen-bond acceptors (Lipinski definition) is 2. The number of aromatic amines is 1. The Bertz CT molecular complexity index is 614. The van der Waals surface area contributed by atoms with Gasteiger partial charge in [-0.25, -0.2) is 0 Å². The van der Waals surface area contributed by atoms with Crippen LogP contribution in [-0.2, 0) is 0 Å². The molecule has 0 saturated carbocycles. The van der Waals surface area contributed by atoms with Gasteiger partial charge in [0.05, 0.1) is 15.7 Å². The fraction of sp³-hybridized carbons (Fsp3) is 0. The molecule has 0 amide bonds. The lowest BCUT2D eigenvalue weighted by Gasteiger charge is -2.06. The zero-order valence-electron chi connectivity index (χ0n) is 8.54. The highest BCUT2D eigenvalue weighted by atomic mass is 35.5. The third kappa shape index (κ3) is 2.25. The molecule has 0 aliphatic heterocycles. The summed E-state index contributed by atoms with van der Waals surface area (Å²) in [7, 11) is 0. The number of carbonyl (C=O) groups excluding carboxylic acids is 1. The number of benzene rings is 1. The van der Waals surface area contributed by atoms with Gasteiger partial charge in [-0.3, -0.25) is 9.59 Å². The second kappa shape index (κ2) is 4.73. The van der Waals surface area contributed by atoms with Gasteiger partial charge in [0, 0.05) is 11.1 Å². The van der Waals surface area contributed by atoms with E-state index in [1.54, 1.807) is 18.2 Å². The highest BCUT2D eigenvalue weighted by molar-refractivity contribution is 6.39. The lowest BCUT2D eigenvalue weighted by Crippen LogP contribution is -2.11. The van der Waals surface area contributed by atoms with Gasteiger partial charge in [-0.1, -0.05) is 29.3 Å². The van der Waals surface area contributed by atoms with Gasteiger partial charge in [0.2, 0.25) is 0 Å². The predicted octanol–water partition coefficient (Wildman–Crippen LogP) is 3.16. The summed E-state index contributed by atoms with van der Waals surface area (Å²) in [5.41, 5.74) is 0.618. The Hall–Kier alpha value is -1.58. The van der Waals surface area contributed by atoms with Gasteiger partial charge in [-0.15, -0.1) is 0 Å². The summed E-state index contributed by atoms with van der Waals surface area (Å²) >= 11 is 12.0. The number of hydrogen-bond donors (Lipinski definition) is 1. The summed E-state index contributed by atoms with van der Waals surface area (Å²) in [5.74, 6) is 0. The number of pyridine rings is 1. The van der Waals surface area contributed by atoms with Crippen LogP contribution in [0.15, 0.2) is 35.1 Å². The zero-order chi connectivity index (χ0) is 12.4. The highest BCUT2D eigenvalue weighted by Gasteiger charge is 2.11. The maximum atomic E-state index is 11.8. The molecule has 17 heavy (non-hydrogen) atoms. The van der Waals surface area contributed by atoms with Crippen LogP contribution in [0.5, 0.6) is 0 Å². The average molecular weight is 268 g/mol. The molecule has 2 rings (SSSR count). The molecule has 3 nitrogen and oxygen atoms in total. The van der Waals surface area contributed by atoms with Crippen molar-refractivity contribution >= 4 is 29.5 Å². The van der Waals surface area contributed by atoms with Crippen molar-refractivity contribution in [2.45, 2.75) is 0 Å². The first-order valence-electron chi connectivity index (χ1n) is 4.76. The largest absolute Gasteiger partial charge is 0.319 e. The highest BCUT2D eigenvalue weighted by Crippen LogP contribution is 2.32. The van der Waals surface area contributed by atoms with Crippen LogP contribution in [-0.4, -0.2) is 11.3 Å². The van der Waals surface area contributed by atoms with E-state index in [0.29, 0.717) is 27.5 Å². The van der Waals surface area contributed by atoms with Crippen LogP contribution in [0.3, 0.4) is 0 Å². The molecule has 0 atom stereocenters. The van der Waals surface area contributed by atoms with Crippen LogP contribution in [0.25, 0.3) is 11.1 Å². The summed E-state index contributed by atoms with van der Waals surface area (Å²) in [5, 5.41) is 0.781. The number of aromatic nitrogens is 1. The van der Waals surface area contributed by atoms with Crippen LogP contribution >= 0.6 is 23.2 Å². The monoisotopic (exact) mass is 267 g/mol. The van der Waals surface area contributed by atoms with Crippen molar-refractivity contribution in [3.8, 4) is 11.1 Å². The maximum absolute atomic E-state index is 11.8. The molecule has 0 saturated heterocycles. The van der Waals surface area contributed by atoms with Crippen molar-refractivity contribution in [3.63, 3.8) is 0 Å². The van der Waals surface area contributed by atoms with Crippen LogP contribution in [0.1, 0.15) is 10.5 Å². The van der Waals surface area contributed by atoms with Gasteiger partial charge in [0.25, 0.3) is 5.56 Å². The van der Waals surface area contributed by atoms with E-state index >= 15 is 0 Å². The normalized spacial score (nSPS) is 10.2. The molecule has 0 aliphatic rings. The van der Waals surface area contributed by atoms with Crippen LogP contribution in [0.2, 0.25) is 10.0 Å². The summed E-state index contributed by atoms with van der Waals surface area (Å²) < 4.78 is 0. The SMILES string of the molecule is O=Cc1ccc(-c2c(Cl)cccc2Cl)c(=O)[nH]1. The quantitative estimate of drug-likeness (QED) is 0.850. The van der Waals surface area contributed by atoms with E-state index in [0.717, 1.165) is 0 Å². The van der Waals surface area contributed by atoms with E-state index in [2.05, 4.69) is 4.98 Å². The molecule has 0 radical (unpaired) electrons. The first-order valence-corrected chi connectivity index (χ1v) is 5.52. The summed E-state index contributed by atoms with van der Waals surface area (Å²) in [4.78, 5) is 24.7. The maximum Gasteiger partial charge on any atom is 0.256 e. The number of aldehydes is 1. The minimum atomic E-state index is -0.399. The molecular formula is C12H7Cl2NO2. The predicted molar refractivity (Wildman–Crippen MR) is 67.9 cm³/mol. The second-order valence-corrected chi connectivity index (χ2v) is 4.19. The number of rotatable bonds is 2. The van der Waals surface area contributed by atoms with Crippen molar-refractivity contribution in [2.24, 2.45) is 0 Å². The van der Waals surface area contributed by atoms with E-state index in [-0.39, 0.29) is 5.69 Å². The zero-order valence-corrected chi connectivity index (χ0v) is 10.0. The average Bonchev–Trinajstić information content (AvgIpc) is 2.30. The van der Waals surface area contributed by atoms with E-state index in [4.69, 9.17) is 23.2 Å². The van der Waals surface area contributed by atoms with Gasteiger partial charge < -0.3 is 4.98 Å². The second-order valence-electron chi connectivity index (χ2n) is 3.37. The molecule has 0 fully saturated rings. The fourth-order valence-electron chi connectivity index (χ4n) is 1.51. The summed E-state index contributed by atoms with van der Waals surface area (Å²) in [6.45, 7) is 0. The number of nitrogens with one attached hydrogen (secondary N) is 1. The van der Waals surface area contributed by atoms with Crippen molar-refractivity contribution in [3.05, 3.63) is 56.4 Å². The topological polar surface area (TPSA) is 49.9 Å². The Morgan fingerprint density at radius 1 is 1.06 bits per heavy atom. The molecule has 0 unspecified atom stereocenters. The van der Waals surface area contributed by atoms with Crippen molar-refractivity contribution in [2.75, 3.05) is 0 Å². The molecule has 1 aromatic carbocycles.